The van der Waals surface area contributed by atoms with Crippen molar-refractivity contribution < 1.29 is 4.79 Å². The van der Waals surface area contributed by atoms with Crippen LogP contribution in [-0.2, 0) is 11.3 Å². The molecule has 2 aromatic heterocycles. The Morgan fingerprint density at radius 2 is 1.79 bits per heavy atom. The van der Waals surface area contributed by atoms with Crippen molar-refractivity contribution in [3.63, 3.8) is 0 Å². The zero-order chi connectivity index (χ0) is 20.5. The van der Waals surface area contributed by atoms with Crippen LogP contribution in [0.1, 0.15) is 13.8 Å². The fourth-order valence-electron chi connectivity index (χ4n) is 3.61. The standard InChI is InChI=1S/C22H21ClN4O2/c1-3-25(4-2)19(28)14-26-18-12-8-11-16(23)20(18)21-24-17(13-27(21)22(26)29)15-9-6-5-7-10-15/h5-13H,3-4,14H2,1-2H3. The summed E-state index contributed by atoms with van der Waals surface area (Å²) in [5.74, 6) is -0.110. The lowest BCUT2D eigenvalue weighted by molar-refractivity contribution is -0.131. The Labute approximate surface area is 173 Å². The largest absolute Gasteiger partial charge is 0.342 e. The van der Waals surface area contributed by atoms with Gasteiger partial charge >= 0.3 is 5.69 Å². The molecule has 29 heavy (non-hydrogen) atoms. The first-order chi connectivity index (χ1) is 14.0. The van der Waals surface area contributed by atoms with Gasteiger partial charge in [-0.05, 0) is 26.0 Å². The van der Waals surface area contributed by atoms with Gasteiger partial charge < -0.3 is 4.90 Å². The van der Waals surface area contributed by atoms with Gasteiger partial charge in [0, 0.05) is 24.8 Å². The number of hydrogen-bond acceptors (Lipinski definition) is 3. The quantitative estimate of drug-likeness (QED) is 0.504. The molecule has 0 bridgehead atoms. The predicted molar refractivity (Wildman–Crippen MR) is 115 cm³/mol. The second-order valence-corrected chi connectivity index (χ2v) is 7.16. The van der Waals surface area contributed by atoms with Crippen LogP contribution in [0.25, 0.3) is 27.8 Å². The van der Waals surface area contributed by atoms with Gasteiger partial charge in [0.1, 0.15) is 6.54 Å². The molecule has 4 aromatic rings. The fourth-order valence-corrected chi connectivity index (χ4v) is 3.86. The van der Waals surface area contributed by atoms with Gasteiger partial charge in [0.2, 0.25) is 5.91 Å². The van der Waals surface area contributed by atoms with E-state index in [4.69, 9.17) is 16.6 Å². The van der Waals surface area contributed by atoms with Crippen molar-refractivity contribution in [1.82, 2.24) is 18.9 Å². The number of aromatic nitrogens is 3. The third-order valence-corrected chi connectivity index (χ3v) is 5.44. The van der Waals surface area contributed by atoms with Gasteiger partial charge in [-0.2, -0.15) is 0 Å². The molecular weight excluding hydrogens is 388 g/mol. The zero-order valence-electron chi connectivity index (χ0n) is 16.3. The molecule has 4 rings (SSSR count). The van der Waals surface area contributed by atoms with E-state index in [0.717, 1.165) is 5.56 Å². The van der Waals surface area contributed by atoms with Crippen molar-refractivity contribution in [2.45, 2.75) is 20.4 Å². The Morgan fingerprint density at radius 3 is 2.48 bits per heavy atom. The molecule has 0 saturated carbocycles. The van der Waals surface area contributed by atoms with Crippen LogP contribution in [0.3, 0.4) is 0 Å². The highest BCUT2D eigenvalue weighted by Gasteiger charge is 2.19. The van der Waals surface area contributed by atoms with Gasteiger partial charge in [0.05, 0.1) is 21.6 Å². The van der Waals surface area contributed by atoms with Crippen molar-refractivity contribution in [3.8, 4) is 11.3 Å². The number of amides is 1. The molecule has 0 aliphatic rings. The molecule has 2 aromatic carbocycles. The second kappa shape index (κ2) is 7.72. The molecule has 2 heterocycles. The number of imidazole rings is 1. The summed E-state index contributed by atoms with van der Waals surface area (Å²) < 4.78 is 2.96. The molecule has 0 saturated heterocycles. The highest BCUT2D eigenvalue weighted by atomic mass is 35.5. The molecule has 6 nitrogen and oxygen atoms in total. The van der Waals surface area contributed by atoms with Crippen LogP contribution in [0.5, 0.6) is 0 Å². The minimum Gasteiger partial charge on any atom is -0.342 e. The molecule has 0 aliphatic carbocycles. The minimum absolute atomic E-state index is 0.0495. The van der Waals surface area contributed by atoms with Crippen molar-refractivity contribution in [1.29, 1.82) is 0 Å². The van der Waals surface area contributed by atoms with Crippen LogP contribution in [0, 0.1) is 0 Å². The molecule has 0 radical (unpaired) electrons. The van der Waals surface area contributed by atoms with E-state index in [0.29, 0.717) is 40.4 Å². The third-order valence-electron chi connectivity index (χ3n) is 5.13. The van der Waals surface area contributed by atoms with Crippen LogP contribution in [-0.4, -0.2) is 37.8 Å². The Morgan fingerprint density at radius 1 is 1.07 bits per heavy atom. The Hall–Kier alpha value is -3.12. The summed E-state index contributed by atoms with van der Waals surface area (Å²) in [7, 11) is 0. The SMILES string of the molecule is CCN(CC)C(=O)Cn1c(=O)n2cc(-c3ccccc3)nc2c2c(Cl)cccc21. The number of benzene rings is 2. The Bertz CT molecular complexity index is 1260. The number of carbonyl (C=O) groups excluding carboxylic acids is 1. The van der Waals surface area contributed by atoms with E-state index in [1.54, 1.807) is 29.3 Å². The van der Waals surface area contributed by atoms with Gasteiger partial charge in [0.25, 0.3) is 0 Å². The monoisotopic (exact) mass is 408 g/mol. The first-order valence-electron chi connectivity index (χ1n) is 9.58. The molecule has 0 spiro atoms. The molecule has 0 aliphatic heterocycles. The first kappa shape index (κ1) is 19.2. The average Bonchev–Trinajstić information content (AvgIpc) is 3.18. The molecule has 0 fully saturated rings. The molecule has 0 atom stereocenters. The number of carbonyl (C=O) groups is 1. The van der Waals surface area contributed by atoms with E-state index in [-0.39, 0.29) is 18.1 Å². The van der Waals surface area contributed by atoms with Crippen molar-refractivity contribution in [2.24, 2.45) is 0 Å². The second-order valence-electron chi connectivity index (χ2n) is 6.75. The maximum Gasteiger partial charge on any atom is 0.334 e. The number of rotatable bonds is 5. The van der Waals surface area contributed by atoms with Gasteiger partial charge in [-0.25, -0.2) is 9.78 Å². The Kier molecular flexibility index (Phi) is 5.11. The normalized spacial score (nSPS) is 11.3. The van der Waals surface area contributed by atoms with Gasteiger partial charge in [0.15, 0.2) is 5.65 Å². The summed E-state index contributed by atoms with van der Waals surface area (Å²) in [4.78, 5) is 32.4. The topological polar surface area (TPSA) is 59.6 Å². The first-order valence-corrected chi connectivity index (χ1v) is 9.96. The van der Waals surface area contributed by atoms with E-state index in [2.05, 4.69) is 0 Å². The maximum atomic E-state index is 13.3. The Balaban J connectivity index is 1.99. The molecule has 0 N–H and O–H groups in total. The number of fused-ring (bicyclic) bond motifs is 3. The van der Waals surface area contributed by atoms with E-state index in [1.807, 2.05) is 44.2 Å². The van der Waals surface area contributed by atoms with Gasteiger partial charge in [-0.3, -0.25) is 13.8 Å². The lowest BCUT2D eigenvalue weighted by Gasteiger charge is -2.20. The number of nitrogens with zero attached hydrogens (tertiary/aromatic N) is 4. The van der Waals surface area contributed by atoms with Gasteiger partial charge in [-0.15, -0.1) is 0 Å². The molecular formula is C22H21ClN4O2. The predicted octanol–water partition coefficient (Wildman–Crippen LogP) is 3.84. The van der Waals surface area contributed by atoms with E-state index < -0.39 is 0 Å². The van der Waals surface area contributed by atoms with Gasteiger partial charge in [-0.1, -0.05) is 48.0 Å². The van der Waals surface area contributed by atoms with E-state index >= 15 is 0 Å². The van der Waals surface area contributed by atoms with Crippen LogP contribution in [0.4, 0.5) is 0 Å². The minimum atomic E-state index is -0.315. The smallest absolute Gasteiger partial charge is 0.334 e. The van der Waals surface area contributed by atoms with Crippen molar-refractivity contribution in [2.75, 3.05) is 13.1 Å². The highest BCUT2D eigenvalue weighted by Crippen LogP contribution is 2.28. The molecule has 1 amide bonds. The van der Waals surface area contributed by atoms with Crippen LogP contribution < -0.4 is 5.69 Å². The zero-order valence-corrected chi connectivity index (χ0v) is 17.1. The summed E-state index contributed by atoms with van der Waals surface area (Å²) in [5, 5.41) is 1.14. The van der Waals surface area contributed by atoms with Crippen LogP contribution in [0.2, 0.25) is 5.02 Å². The molecule has 148 valence electrons. The highest BCUT2D eigenvalue weighted by molar-refractivity contribution is 6.36. The number of hydrogen-bond donors (Lipinski definition) is 0. The summed E-state index contributed by atoms with van der Waals surface area (Å²) in [6, 6.07) is 15.0. The molecule has 7 heteroatoms. The van der Waals surface area contributed by atoms with Crippen LogP contribution >= 0.6 is 11.6 Å². The summed E-state index contributed by atoms with van der Waals surface area (Å²) in [6.45, 7) is 4.98. The summed E-state index contributed by atoms with van der Waals surface area (Å²) in [6.07, 6.45) is 1.70. The summed E-state index contributed by atoms with van der Waals surface area (Å²) >= 11 is 6.51. The lowest BCUT2D eigenvalue weighted by Crippen LogP contribution is -2.37. The molecule has 0 unspecified atom stereocenters. The van der Waals surface area contributed by atoms with E-state index in [1.165, 1.54) is 8.97 Å². The summed E-state index contributed by atoms with van der Waals surface area (Å²) in [5.41, 5.74) is 2.35. The van der Waals surface area contributed by atoms with Crippen molar-refractivity contribution in [3.05, 3.63) is 70.2 Å². The average molecular weight is 409 g/mol. The number of likely N-dealkylation sites (N-methyl/N-ethyl adjacent to an activating group) is 1. The third kappa shape index (κ3) is 3.29. The maximum absolute atomic E-state index is 13.3. The lowest BCUT2D eigenvalue weighted by atomic mass is 10.2. The number of halogens is 1. The fraction of sp³-hybridized carbons (Fsp3) is 0.227. The van der Waals surface area contributed by atoms with E-state index in [9.17, 15) is 9.59 Å². The van der Waals surface area contributed by atoms with Crippen LogP contribution in [0.15, 0.2) is 59.5 Å². The van der Waals surface area contributed by atoms with Crippen molar-refractivity contribution >= 4 is 34.1 Å².